The number of nitrogens with zero attached hydrogens (tertiary/aromatic N) is 1. The lowest BCUT2D eigenvalue weighted by atomic mass is 10.0. The zero-order chi connectivity index (χ0) is 22.1. The first-order valence-electron chi connectivity index (χ1n) is 9.89. The second kappa shape index (κ2) is 11.0. The third-order valence-corrected chi connectivity index (χ3v) is 4.61. The number of unbranched alkanes of at least 4 members (excludes halogenated alkanes) is 2. The van der Waals surface area contributed by atoms with Gasteiger partial charge in [-0.3, -0.25) is 0 Å². The van der Waals surface area contributed by atoms with Crippen LogP contribution in [0.25, 0.3) is 11.1 Å². The van der Waals surface area contributed by atoms with Gasteiger partial charge >= 0.3 is 0 Å². The van der Waals surface area contributed by atoms with Gasteiger partial charge in [0.25, 0.3) is 0 Å². The molecule has 4 heteroatoms. The highest BCUT2D eigenvalue weighted by Gasteiger charge is 2.11. The molecule has 3 aromatic carbocycles. The molecule has 0 fully saturated rings. The Hall–Kier alpha value is -3.56. The van der Waals surface area contributed by atoms with Crippen molar-refractivity contribution in [3.8, 4) is 34.8 Å². The molecule has 0 unspecified atom stereocenters. The molecule has 0 aliphatic carbocycles. The first kappa shape index (κ1) is 22.1. The molecule has 0 bridgehead atoms. The summed E-state index contributed by atoms with van der Waals surface area (Å²) in [7, 11) is 0. The van der Waals surface area contributed by atoms with Crippen molar-refractivity contribution in [2.45, 2.75) is 26.2 Å². The fourth-order valence-electron chi connectivity index (χ4n) is 2.84. The van der Waals surface area contributed by atoms with Crippen LogP contribution < -0.4 is 0 Å². The maximum atomic E-state index is 14.1. The minimum absolute atomic E-state index is 0.411. The van der Waals surface area contributed by atoms with Crippen LogP contribution in [0.5, 0.6) is 0 Å². The minimum Gasteiger partial charge on any atom is -0.204 e. The molecule has 0 saturated heterocycles. The van der Waals surface area contributed by atoms with Gasteiger partial charge < -0.3 is 0 Å². The first-order valence-corrected chi connectivity index (χ1v) is 10.3. The van der Waals surface area contributed by atoms with Gasteiger partial charge in [0.15, 0.2) is 11.6 Å². The predicted octanol–water partition coefficient (Wildman–Crippen LogP) is 7.31. The standard InChI is InChI=1S/C27H19F2NS/c1-2-3-4-5-6-20-7-9-21(10-8-20)11-12-22-13-15-23(16-14-22)24-17-25(28)27(30-19-31)26(29)18-24/h7-10,13-18H,2-4H2,1H3. The smallest absolute Gasteiger partial charge is 0.153 e. The van der Waals surface area contributed by atoms with Gasteiger partial charge in [0.05, 0.1) is 5.16 Å². The number of hydrogen-bond acceptors (Lipinski definition) is 2. The largest absolute Gasteiger partial charge is 0.204 e. The third-order valence-electron chi connectivity index (χ3n) is 4.52. The van der Waals surface area contributed by atoms with Crippen molar-refractivity contribution in [2.24, 2.45) is 4.99 Å². The molecule has 31 heavy (non-hydrogen) atoms. The van der Waals surface area contributed by atoms with Crippen LogP contribution in [0.2, 0.25) is 0 Å². The Morgan fingerprint density at radius 2 is 1.29 bits per heavy atom. The molecule has 0 aliphatic heterocycles. The number of aliphatic imine (C=N–C) groups is 1. The number of benzene rings is 3. The molecule has 0 aliphatic rings. The molecule has 1 nitrogen and oxygen atoms in total. The van der Waals surface area contributed by atoms with E-state index in [9.17, 15) is 8.78 Å². The monoisotopic (exact) mass is 427 g/mol. The van der Waals surface area contributed by atoms with Crippen molar-refractivity contribution in [1.29, 1.82) is 0 Å². The van der Waals surface area contributed by atoms with Crippen LogP contribution in [-0.4, -0.2) is 5.16 Å². The highest BCUT2D eigenvalue weighted by atomic mass is 32.1. The Kier molecular flexibility index (Phi) is 7.85. The first-order chi connectivity index (χ1) is 15.1. The van der Waals surface area contributed by atoms with E-state index in [4.69, 9.17) is 0 Å². The Morgan fingerprint density at radius 1 is 0.774 bits per heavy atom. The average molecular weight is 428 g/mol. The number of halogens is 2. The normalized spacial score (nSPS) is 9.65. The summed E-state index contributed by atoms with van der Waals surface area (Å²) in [5.41, 5.74) is 3.32. The SMILES string of the molecule is CCCCC#Cc1ccc(C#Cc2ccc(-c3cc(F)c(N=C=S)c(F)c3)cc2)cc1. The molecule has 3 rings (SSSR count). The molecular formula is C27H19F2NS. The highest BCUT2D eigenvalue weighted by molar-refractivity contribution is 7.78. The maximum absolute atomic E-state index is 14.1. The van der Waals surface area contributed by atoms with Crippen LogP contribution in [0.15, 0.2) is 65.7 Å². The summed E-state index contributed by atoms with van der Waals surface area (Å²) in [4.78, 5) is 3.42. The van der Waals surface area contributed by atoms with Gasteiger partial charge in [-0.15, -0.1) is 0 Å². The maximum Gasteiger partial charge on any atom is 0.153 e. The van der Waals surface area contributed by atoms with Gasteiger partial charge in [0, 0.05) is 23.1 Å². The van der Waals surface area contributed by atoms with E-state index in [0.29, 0.717) is 11.1 Å². The van der Waals surface area contributed by atoms with Crippen LogP contribution in [0, 0.1) is 35.3 Å². The molecule has 0 atom stereocenters. The van der Waals surface area contributed by atoms with Gasteiger partial charge in [0.1, 0.15) is 5.69 Å². The fourth-order valence-corrected chi connectivity index (χ4v) is 2.93. The summed E-state index contributed by atoms with van der Waals surface area (Å²) >= 11 is 4.42. The van der Waals surface area contributed by atoms with Crippen LogP contribution >= 0.6 is 12.2 Å². The van der Waals surface area contributed by atoms with Gasteiger partial charge in [-0.05, 0) is 78.3 Å². The average Bonchev–Trinajstić information content (AvgIpc) is 2.79. The lowest BCUT2D eigenvalue weighted by Gasteiger charge is -2.05. The van der Waals surface area contributed by atoms with Gasteiger partial charge in [-0.1, -0.05) is 49.2 Å². The second-order valence-corrected chi connectivity index (χ2v) is 6.98. The van der Waals surface area contributed by atoms with E-state index in [1.165, 1.54) is 12.1 Å². The summed E-state index contributed by atoms with van der Waals surface area (Å²) in [6.45, 7) is 2.15. The number of rotatable bonds is 4. The van der Waals surface area contributed by atoms with Crippen LogP contribution in [-0.2, 0) is 0 Å². The number of thiocarbonyl (C=S) groups is 1. The van der Waals surface area contributed by atoms with Gasteiger partial charge in [-0.25, -0.2) is 8.78 Å². The molecule has 0 heterocycles. The molecule has 0 aromatic heterocycles. The van der Waals surface area contributed by atoms with Crippen LogP contribution in [0.1, 0.15) is 42.9 Å². The second-order valence-electron chi connectivity index (χ2n) is 6.80. The third kappa shape index (κ3) is 6.21. The Labute approximate surface area is 186 Å². The zero-order valence-corrected chi connectivity index (χ0v) is 17.8. The van der Waals surface area contributed by atoms with E-state index in [0.717, 1.165) is 36.0 Å². The summed E-state index contributed by atoms with van der Waals surface area (Å²) in [6.07, 6.45) is 3.18. The topological polar surface area (TPSA) is 12.4 Å². The molecule has 3 aromatic rings. The summed E-state index contributed by atoms with van der Waals surface area (Å²) in [5.74, 6) is 11.0. The van der Waals surface area contributed by atoms with E-state index < -0.39 is 17.3 Å². The highest BCUT2D eigenvalue weighted by Crippen LogP contribution is 2.29. The van der Waals surface area contributed by atoms with Crippen molar-refractivity contribution in [2.75, 3.05) is 0 Å². The van der Waals surface area contributed by atoms with Crippen molar-refractivity contribution in [1.82, 2.24) is 0 Å². The summed E-state index contributed by atoms with van der Waals surface area (Å²) in [6, 6.07) is 17.4. The Bertz CT molecular complexity index is 1210. The lowest BCUT2D eigenvalue weighted by Crippen LogP contribution is -1.87. The quantitative estimate of drug-likeness (QED) is 0.184. The summed E-state index contributed by atoms with van der Waals surface area (Å²) in [5, 5.41) is 1.98. The molecule has 0 saturated carbocycles. The Morgan fingerprint density at radius 3 is 1.81 bits per heavy atom. The number of isothiocyanates is 1. The van der Waals surface area contributed by atoms with Crippen molar-refractivity contribution in [3.05, 3.63) is 89.0 Å². The van der Waals surface area contributed by atoms with Crippen molar-refractivity contribution >= 4 is 23.1 Å². The van der Waals surface area contributed by atoms with E-state index in [1.54, 1.807) is 12.1 Å². The fraction of sp³-hybridized carbons (Fsp3) is 0.148. The van der Waals surface area contributed by atoms with Crippen LogP contribution in [0.4, 0.5) is 14.5 Å². The minimum atomic E-state index is -0.783. The van der Waals surface area contributed by atoms with E-state index in [1.807, 2.05) is 41.6 Å². The predicted molar refractivity (Wildman–Crippen MR) is 125 cm³/mol. The van der Waals surface area contributed by atoms with Gasteiger partial charge in [-0.2, -0.15) is 4.99 Å². The Balaban J connectivity index is 1.73. The van der Waals surface area contributed by atoms with Crippen molar-refractivity contribution < 1.29 is 8.78 Å². The zero-order valence-electron chi connectivity index (χ0n) is 17.0. The van der Waals surface area contributed by atoms with Gasteiger partial charge in [0.2, 0.25) is 0 Å². The van der Waals surface area contributed by atoms with E-state index in [-0.39, 0.29) is 0 Å². The lowest BCUT2D eigenvalue weighted by molar-refractivity contribution is 0.588. The number of hydrogen-bond donors (Lipinski definition) is 0. The van der Waals surface area contributed by atoms with Crippen molar-refractivity contribution in [3.63, 3.8) is 0 Å². The van der Waals surface area contributed by atoms with E-state index in [2.05, 4.69) is 47.8 Å². The molecule has 0 N–H and O–H groups in total. The molecule has 0 spiro atoms. The molecular weight excluding hydrogens is 408 g/mol. The molecule has 0 amide bonds. The molecule has 0 radical (unpaired) electrons. The molecule has 152 valence electrons. The van der Waals surface area contributed by atoms with Crippen LogP contribution in [0.3, 0.4) is 0 Å². The van der Waals surface area contributed by atoms with E-state index >= 15 is 0 Å². The summed E-state index contributed by atoms with van der Waals surface area (Å²) < 4.78 is 28.1.